The molecule has 1 aliphatic heterocycles. The molecular formula is C19H18F3N3O3. The second-order valence-electron chi connectivity index (χ2n) is 6.55. The number of carbonyl (C=O) groups is 2. The number of aryl methyl sites for hydroxylation is 1. The highest BCUT2D eigenvalue weighted by Crippen LogP contribution is 2.35. The van der Waals surface area contributed by atoms with Crippen molar-refractivity contribution in [2.45, 2.75) is 39.7 Å². The van der Waals surface area contributed by atoms with E-state index in [1.165, 1.54) is 32.2 Å². The normalized spacial score (nSPS) is 14.6. The molecule has 9 heteroatoms. The molecule has 28 heavy (non-hydrogen) atoms. The van der Waals surface area contributed by atoms with Crippen LogP contribution < -0.4 is 10.1 Å². The van der Waals surface area contributed by atoms with Crippen molar-refractivity contribution >= 4 is 17.6 Å². The molecule has 6 nitrogen and oxygen atoms in total. The molecule has 2 aromatic rings. The topological polar surface area (TPSA) is 71.5 Å². The van der Waals surface area contributed by atoms with E-state index >= 15 is 0 Å². The van der Waals surface area contributed by atoms with Gasteiger partial charge in [-0.1, -0.05) is 12.1 Å². The third-order valence-electron chi connectivity index (χ3n) is 4.54. The van der Waals surface area contributed by atoms with Crippen molar-refractivity contribution in [3.8, 4) is 5.75 Å². The summed E-state index contributed by atoms with van der Waals surface area (Å²) in [4.78, 5) is 29.9. The fraction of sp³-hybridized carbons (Fsp3) is 0.316. The Balaban J connectivity index is 1.85. The van der Waals surface area contributed by atoms with Gasteiger partial charge >= 0.3 is 6.36 Å². The fourth-order valence-electron chi connectivity index (χ4n) is 3.19. The lowest BCUT2D eigenvalue weighted by molar-refractivity contribution is -0.274. The molecule has 0 spiro atoms. The van der Waals surface area contributed by atoms with Gasteiger partial charge in [-0.25, -0.2) is 4.98 Å². The van der Waals surface area contributed by atoms with Gasteiger partial charge in [-0.3, -0.25) is 9.59 Å². The van der Waals surface area contributed by atoms with Crippen molar-refractivity contribution in [1.82, 2.24) is 9.88 Å². The first-order valence-corrected chi connectivity index (χ1v) is 8.49. The Labute approximate surface area is 159 Å². The van der Waals surface area contributed by atoms with Gasteiger partial charge in [0.1, 0.15) is 11.6 Å². The quantitative estimate of drug-likeness (QED) is 0.854. The van der Waals surface area contributed by atoms with Crippen molar-refractivity contribution in [1.29, 1.82) is 0 Å². The van der Waals surface area contributed by atoms with Gasteiger partial charge < -0.3 is 15.0 Å². The largest absolute Gasteiger partial charge is 0.573 e. The summed E-state index contributed by atoms with van der Waals surface area (Å²) in [5.74, 6) is -0.477. The van der Waals surface area contributed by atoms with Gasteiger partial charge in [0.25, 0.3) is 5.91 Å². The highest BCUT2D eigenvalue weighted by atomic mass is 19.4. The number of ether oxygens (including phenoxy) is 1. The molecule has 1 aromatic heterocycles. The number of amides is 2. The number of aromatic nitrogens is 1. The summed E-state index contributed by atoms with van der Waals surface area (Å²) in [7, 11) is 0. The van der Waals surface area contributed by atoms with Crippen LogP contribution in [0.5, 0.6) is 5.75 Å². The van der Waals surface area contributed by atoms with Crippen LogP contribution >= 0.6 is 0 Å². The van der Waals surface area contributed by atoms with Crippen LogP contribution in [0.4, 0.5) is 19.0 Å². The average molecular weight is 393 g/mol. The summed E-state index contributed by atoms with van der Waals surface area (Å²) < 4.78 is 41.3. The van der Waals surface area contributed by atoms with Crippen LogP contribution in [0, 0.1) is 6.92 Å². The minimum atomic E-state index is -4.77. The van der Waals surface area contributed by atoms with E-state index in [0.29, 0.717) is 28.1 Å². The molecule has 2 amide bonds. The van der Waals surface area contributed by atoms with E-state index < -0.39 is 12.4 Å². The number of rotatable bonds is 4. The molecule has 148 valence electrons. The monoisotopic (exact) mass is 393 g/mol. The SMILES string of the molecule is CC(=O)Nc1nccc2c1CN(C(C)c1ccc(OC(F)(F)F)c(C)c1)C2=O. The molecule has 3 rings (SSSR count). The molecule has 1 aliphatic rings. The second kappa shape index (κ2) is 7.14. The average Bonchev–Trinajstić information content (AvgIpc) is 2.93. The smallest absolute Gasteiger partial charge is 0.406 e. The highest BCUT2D eigenvalue weighted by molar-refractivity contribution is 6.01. The first-order valence-electron chi connectivity index (χ1n) is 8.49. The Hall–Kier alpha value is -3.10. The Morgan fingerprint density at radius 1 is 1.32 bits per heavy atom. The molecule has 0 fully saturated rings. The molecule has 0 aliphatic carbocycles. The van der Waals surface area contributed by atoms with Crippen LogP contribution in [0.1, 0.15) is 46.9 Å². The number of hydrogen-bond acceptors (Lipinski definition) is 4. The molecule has 1 unspecified atom stereocenters. The zero-order chi connectivity index (χ0) is 20.6. The zero-order valence-corrected chi connectivity index (χ0v) is 15.4. The van der Waals surface area contributed by atoms with Crippen molar-refractivity contribution < 1.29 is 27.5 Å². The lowest BCUT2D eigenvalue weighted by Crippen LogP contribution is -2.27. The van der Waals surface area contributed by atoms with Crippen LogP contribution in [0.15, 0.2) is 30.5 Å². The third-order valence-corrected chi connectivity index (χ3v) is 4.54. The van der Waals surface area contributed by atoms with Crippen molar-refractivity contribution in [2.24, 2.45) is 0 Å². The number of pyridine rings is 1. The minimum absolute atomic E-state index is 0.232. The molecule has 2 heterocycles. The van der Waals surface area contributed by atoms with E-state index in [1.807, 2.05) is 0 Å². The number of hydrogen-bond donors (Lipinski definition) is 1. The van der Waals surface area contributed by atoms with E-state index in [2.05, 4.69) is 15.0 Å². The molecule has 1 atom stereocenters. The Kier molecular flexibility index (Phi) is 5.01. The predicted octanol–water partition coefficient (Wildman–Crippen LogP) is 3.96. The summed E-state index contributed by atoms with van der Waals surface area (Å²) in [6.07, 6.45) is -3.32. The summed E-state index contributed by atoms with van der Waals surface area (Å²) in [5.41, 5.74) is 2.04. The number of nitrogens with one attached hydrogen (secondary N) is 1. The molecule has 1 aromatic carbocycles. The third kappa shape index (κ3) is 3.92. The van der Waals surface area contributed by atoms with Crippen LogP contribution in [0.2, 0.25) is 0 Å². The van der Waals surface area contributed by atoms with Crippen molar-refractivity contribution in [3.63, 3.8) is 0 Å². The van der Waals surface area contributed by atoms with E-state index in [4.69, 9.17) is 0 Å². The van der Waals surface area contributed by atoms with Crippen molar-refractivity contribution in [2.75, 3.05) is 5.32 Å². The van der Waals surface area contributed by atoms with Gasteiger partial charge in [0.05, 0.1) is 12.6 Å². The maximum atomic E-state index is 12.8. The van der Waals surface area contributed by atoms with Crippen LogP contribution in [0.25, 0.3) is 0 Å². The maximum Gasteiger partial charge on any atom is 0.573 e. The predicted molar refractivity (Wildman–Crippen MR) is 94.7 cm³/mol. The van der Waals surface area contributed by atoms with E-state index in [1.54, 1.807) is 24.0 Å². The lowest BCUT2D eigenvalue weighted by Gasteiger charge is -2.25. The summed E-state index contributed by atoms with van der Waals surface area (Å²) in [6, 6.07) is 5.49. The Morgan fingerprint density at radius 2 is 2.04 bits per heavy atom. The van der Waals surface area contributed by atoms with Crippen molar-refractivity contribution in [3.05, 3.63) is 52.7 Å². The summed E-state index contributed by atoms with van der Waals surface area (Å²) in [5, 5.41) is 2.61. The second-order valence-corrected chi connectivity index (χ2v) is 6.55. The number of halogens is 3. The maximum absolute atomic E-state index is 12.8. The highest BCUT2D eigenvalue weighted by Gasteiger charge is 2.35. The first kappa shape index (κ1) is 19.7. The number of nitrogens with zero attached hydrogens (tertiary/aromatic N) is 2. The van der Waals surface area contributed by atoms with E-state index in [0.717, 1.165) is 0 Å². The molecule has 0 saturated carbocycles. The fourth-order valence-corrected chi connectivity index (χ4v) is 3.19. The number of anilines is 1. The molecule has 0 saturated heterocycles. The van der Waals surface area contributed by atoms with E-state index in [9.17, 15) is 22.8 Å². The number of fused-ring (bicyclic) bond motifs is 1. The molecule has 0 radical (unpaired) electrons. The van der Waals surface area contributed by atoms with Gasteiger partial charge in [0.2, 0.25) is 5.91 Å². The molecule has 0 bridgehead atoms. The van der Waals surface area contributed by atoms with E-state index in [-0.39, 0.29) is 24.1 Å². The Morgan fingerprint density at radius 3 is 2.64 bits per heavy atom. The molecular weight excluding hydrogens is 375 g/mol. The van der Waals surface area contributed by atoms with Gasteiger partial charge in [0.15, 0.2) is 0 Å². The Bertz CT molecular complexity index is 944. The van der Waals surface area contributed by atoms with Gasteiger partial charge in [-0.05, 0) is 37.1 Å². The summed E-state index contributed by atoms with van der Waals surface area (Å²) >= 11 is 0. The summed E-state index contributed by atoms with van der Waals surface area (Å²) in [6.45, 7) is 4.88. The number of alkyl halides is 3. The number of benzene rings is 1. The lowest BCUT2D eigenvalue weighted by atomic mass is 10.0. The van der Waals surface area contributed by atoms with Crippen LogP contribution in [-0.4, -0.2) is 28.1 Å². The van der Waals surface area contributed by atoms with Gasteiger partial charge in [-0.2, -0.15) is 0 Å². The van der Waals surface area contributed by atoms with Crippen LogP contribution in [-0.2, 0) is 11.3 Å². The first-order chi connectivity index (χ1) is 13.1. The van der Waals surface area contributed by atoms with Gasteiger partial charge in [0, 0.05) is 24.2 Å². The van der Waals surface area contributed by atoms with Crippen LogP contribution in [0.3, 0.4) is 0 Å². The minimum Gasteiger partial charge on any atom is -0.406 e. The standard InChI is InChI=1S/C19H18F3N3O3/c1-10-8-13(4-5-16(10)28-19(20,21)22)11(2)25-9-15-14(18(25)27)6-7-23-17(15)24-12(3)26/h4-8,11H,9H2,1-3H3,(H,23,24,26). The zero-order valence-electron chi connectivity index (χ0n) is 15.4. The molecule has 1 N–H and O–H groups in total. The number of carbonyl (C=O) groups excluding carboxylic acids is 2. The van der Waals surface area contributed by atoms with Gasteiger partial charge in [-0.15, -0.1) is 13.2 Å².